The Morgan fingerprint density at radius 2 is 2.06 bits per heavy atom. The van der Waals surface area contributed by atoms with Gasteiger partial charge in [0, 0.05) is 48.4 Å². The lowest BCUT2D eigenvalue weighted by atomic mass is 10.1. The average Bonchev–Trinajstić information content (AvgIpc) is 3.27. The number of hydrogen-bond donors (Lipinski definition) is 2. The minimum Gasteiger partial charge on any atom is -0.494 e. The van der Waals surface area contributed by atoms with E-state index in [4.69, 9.17) is 4.74 Å². The van der Waals surface area contributed by atoms with Crippen LogP contribution in [-0.2, 0) is 0 Å². The number of para-hydroxylation sites is 1. The second-order valence-electron chi connectivity index (χ2n) is 8.33. The molecule has 34 heavy (non-hydrogen) atoms. The summed E-state index contributed by atoms with van der Waals surface area (Å²) in [7, 11) is 5.53. The number of H-pyrrole nitrogens is 1. The van der Waals surface area contributed by atoms with E-state index in [-0.39, 0.29) is 16.6 Å². The molecule has 2 aromatic heterocycles. The summed E-state index contributed by atoms with van der Waals surface area (Å²) in [5, 5.41) is 16.0. The van der Waals surface area contributed by atoms with Crippen LogP contribution in [0.25, 0.3) is 22.3 Å². The lowest BCUT2D eigenvalue weighted by Gasteiger charge is -2.44. The van der Waals surface area contributed by atoms with Gasteiger partial charge in [0.25, 0.3) is 5.69 Å². The van der Waals surface area contributed by atoms with Crippen LogP contribution in [0.5, 0.6) is 5.75 Å². The normalized spacial score (nSPS) is 13.8. The molecule has 0 aliphatic carbocycles. The van der Waals surface area contributed by atoms with Gasteiger partial charge in [0.2, 0.25) is 5.95 Å². The summed E-state index contributed by atoms with van der Waals surface area (Å²) in [6, 6.07) is 11.3. The van der Waals surface area contributed by atoms with E-state index in [0.29, 0.717) is 42.1 Å². The number of ether oxygens (including phenoxy) is 1. The standard InChI is InChI=1S/C23H24N8O3/c1-29(2)15-11-30(12-15)18-10-20(34-3)17(9-19(18)31(32)33)27-23-26-13-25-22(28-23)16-6-4-5-14-7-8-24-21(14)16/h4-10,13,15,24H,11-12H2,1-3H3,(H,25,26,27,28). The number of benzene rings is 2. The van der Waals surface area contributed by atoms with E-state index >= 15 is 0 Å². The Morgan fingerprint density at radius 3 is 2.79 bits per heavy atom. The number of methoxy groups -OCH3 is 1. The maximum absolute atomic E-state index is 11.9. The van der Waals surface area contributed by atoms with E-state index in [1.165, 1.54) is 19.5 Å². The third kappa shape index (κ3) is 3.86. The Kier molecular flexibility index (Phi) is 5.46. The summed E-state index contributed by atoms with van der Waals surface area (Å²) in [4.78, 5) is 31.9. The lowest BCUT2D eigenvalue weighted by molar-refractivity contribution is -0.384. The molecule has 0 bridgehead atoms. The molecule has 4 aromatic rings. The van der Waals surface area contributed by atoms with Gasteiger partial charge < -0.3 is 24.8 Å². The maximum atomic E-state index is 11.9. The van der Waals surface area contributed by atoms with Crippen molar-refractivity contribution in [1.82, 2.24) is 24.8 Å². The van der Waals surface area contributed by atoms with E-state index in [1.54, 1.807) is 6.07 Å². The molecule has 1 aliphatic rings. The number of nitro groups is 1. The van der Waals surface area contributed by atoms with Gasteiger partial charge in [-0.3, -0.25) is 10.1 Å². The smallest absolute Gasteiger partial charge is 0.294 e. The van der Waals surface area contributed by atoms with Crippen LogP contribution in [-0.4, -0.2) is 70.1 Å². The van der Waals surface area contributed by atoms with Gasteiger partial charge in [0.05, 0.1) is 23.2 Å². The zero-order chi connectivity index (χ0) is 23.8. The van der Waals surface area contributed by atoms with Crippen LogP contribution >= 0.6 is 0 Å². The Hall–Kier alpha value is -4.25. The molecule has 11 nitrogen and oxygen atoms in total. The molecule has 0 saturated carbocycles. The second-order valence-corrected chi connectivity index (χ2v) is 8.33. The fourth-order valence-electron chi connectivity index (χ4n) is 4.08. The molecule has 2 aromatic carbocycles. The average molecular weight is 460 g/mol. The fourth-order valence-corrected chi connectivity index (χ4v) is 4.08. The van der Waals surface area contributed by atoms with E-state index < -0.39 is 0 Å². The van der Waals surface area contributed by atoms with E-state index in [0.717, 1.165) is 16.5 Å². The van der Waals surface area contributed by atoms with Crippen molar-refractivity contribution in [2.45, 2.75) is 6.04 Å². The number of fused-ring (bicyclic) bond motifs is 1. The SMILES string of the molecule is COc1cc(N2CC(N(C)C)C2)c([N+](=O)[O-])cc1Nc1ncnc(-c2cccc3cc[nH]c23)n1. The molecule has 1 fully saturated rings. The molecule has 174 valence electrons. The first-order valence-corrected chi connectivity index (χ1v) is 10.7. The van der Waals surface area contributed by atoms with Gasteiger partial charge in [0.15, 0.2) is 5.82 Å². The monoisotopic (exact) mass is 460 g/mol. The van der Waals surface area contributed by atoms with Gasteiger partial charge in [-0.2, -0.15) is 4.98 Å². The number of aromatic nitrogens is 4. The molecule has 1 aliphatic heterocycles. The number of anilines is 3. The largest absolute Gasteiger partial charge is 0.494 e. The van der Waals surface area contributed by atoms with Crippen molar-refractivity contribution in [2.75, 3.05) is 44.5 Å². The molecule has 0 spiro atoms. The molecular weight excluding hydrogens is 436 g/mol. The van der Waals surface area contributed by atoms with Crippen LogP contribution in [0.3, 0.4) is 0 Å². The molecule has 3 heterocycles. The van der Waals surface area contributed by atoms with Crippen LogP contribution in [0.2, 0.25) is 0 Å². The summed E-state index contributed by atoms with van der Waals surface area (Å²) >= 11 is 0. The van der Waals surface area contributed by atoms with Crippen molar-refractivity contribution in [3.63, 3.8) is 0 Å². The van der Waals surface area contributed by atoms with Crippen molar-refractivity contribution in [3.8, 4) is 17.1 Å². The van der Waals surface area contributed by atoms with Gasteiger partial charge in [-0.15, -0.1) is 0 Å². The minimum atomic E-state index is -0.381. The van der Waals surface area contributed by atoms with Gasteiger partial charge >= 0.3 is 0 Å². The Balaban J connectivity index is 1.48. The zero-order valence-corrected chi connectivity index (χ0v) is 19.0. The van der Waals surface area contributed by atoms with Crippen LogP contribution in [0, 0.1) is 10.1 Å². The van der Waals surface area contributed by atoms with Crippen molar-refractivity contribution < 1.29 is 9.66 Å². The van der Waals surface area contributed by atoms with Crippen molar-refractivity contribution in [2.24, 2.45) is 0 Å². The molecule has 1 saturated heterocycles. The summed E-state index contributed by atoms with van der Waals surface area (Å²) < 4.78 is 5.55. The van der Waals surface area contributed by atoms with Gasteiger partial charge in [-0.05, 0) is 26.2 Å². The molecule has 0 atom stereocenters. The summed E-state index contributed by atoms with van der Waals surface area (Å²) in [6.45, 7) is 1.43. The quantitative estimate of drug-likeness (QED) is 0.315. The van der Waals surface area contributed by atoms with E-state index in [1.807, 2.05) is 49.5 Å². The lowest BCUT2D eigenvalue weighted by Crippen LogP contribution is -2.57. The third-order valence-corrected chi connectivity index (χ3v) is 6.07. The van der Waals surface area contributed by atoms with Crippen LogP contribution in [0.15, 0.2) is 48.9 Å². The first kappa shape index (κ1) is 21.6. The first-order valence-electron chi connectivity index (χ1n) is 10.7. The van der Waals surface area contributed by atoms with Gasteiger partial charge in [-0.1, -0.05) is 12.1 Å². The second kappa shape index (κ2) is 8.60. The number of rotatable bonds is 7. The number of nitro benzene ring substituents is 1. The number of hydrogen-bond acceptors (Lipinski definition) is 9. The number of nitrogens with zero attached hydrogens (tertiary/aromatic N) is 6. The minimum absolute atomic E-state index is 0.00839. The molecule has 0 radical (unpaired) electrons. The third-order valence-electron chi connectivity index (χ3n) is 6.07. The molecule has 0 unspecified atom stereocenters. The van der Waals surface area contributed by atoms with Crippen LogP contribution < -0.4 is 15.0 Å². The predicted octanol–water partition coefficient (Wildman–Crippen LogP) is 3.43. The van der Waals surface area contributed by atoms with Crippen LogP contribution in [0.1, 0.15) is 0 Å². The van der Waals surface area contributed by atoms with E-state index in [2.05, 4.69) is 30.2 Å². The van der Waals surface area contributed by atoms with Gasteiger partial charge in [-0.25, -0.2) is 9.97 Å². The molecule has 5 rings (SSSR count). The summed E-state index contributed by atoms with van der Waals surface area (Å²) in [5.74, 6) is 1.19. The highest BCUT2D eigenvalue weighted by Crippen LogP contribution is 2.41. The maximum Gasteiger partial charge on any atom is 0.294 e. The summed E-state index contributed by atoms with van der Waals surface area (Å²) in [6.07, 6.45) is 3.27. The van der Waals surface area contributed by atoms with Crippen molar-refractivity contribution in [1.29, 1.82) is 0 Å². The highest BCUT2D eigenvalue weighted by atomic mass is 16.6. The molecule has 2 N–H and O–H groups in total. The first-order chi connectivity index (χ1) is 16.4. The number of nitrogens with one attached hydrogen (secondary N) is 2. The van der Waals surface area contributed by atoms with Crippen LogP contribution in [0.4, 0.5) is 23.0 Å². The number of aromatic amines is 1. The fraction of sp³-hybridized carbons (Fsp3) is 0.261. The predicted molar refractivity (Wildman–Crippen MR) is 130 cm³/mol. The Labute approximate surface area is 195 Å². The van der Waals surface area contributed by atoms with E-state index in [9.17, 15) is 10.1 Å². The van der Waals surface area contributed by atoms with Crippen molar-refractivity contribution >= 4 is 33.9 Å². The molecular formula is C23H24N8O3. The topological polar surface area (TPSA) is 125 Å². The molecule has 11 heteroatoms. The zero-order valence-electron chi connectivity index (χ0n) is 19.0. The molecule has 0 amide bonds. The highest BCUT2D eigenvalue weighted by molar-refractivity contribution is 5.92. The number of likely N-dealkylation sites (N-methyl/N-ethyl adjacent to an activating group) is 1. The Bertz CT molecular complexity index is 1360. The van der Waals surface area contributed by atoms with Gasteiger partial charge in [0.1, 0.15) is 17.8 Å². The summed E-state index contributed by atoms with van der Waals surface area (Å²) in [5.41, 5.74) is 2.67. The Morgan fingerprint density at radius 1 is 1.24 bits per heavy atom. The van der Waals surface area contributed by atoms with Crippen molar-refractivity contribution in [3.05, 3.63) is 59.0 Å². The highest BCUT2D eigenvalue weighted by Gasteiger charge is 2.33.